The van der Waals surface area contributed by atoms with Crippen LogP contribution >= 0.6 is 34.2 Å². The molecular weight excluding hydrogens is 567 g/mol. The van der Waals surface area contributed by atoms with Crippen LogP contribution in [0.3, 0.4) is 0 Å². The summed E-state index contributed by atoms with van der Waals surface area (Å²) in [6, 6.07) is 11.2. The predicted octanol–water partition coefficient (Wildman–Crippen LogP) is 4.92. The Balaban J connectivity index is 1.21. The maximum absolute atomic E-state index is 13.1. The molecule has 0 N–H and O–H groups in total. The van der Waals surface area contributed by atoms with E-state index >= 15 is 0 Å². The number of carbonyl (C=O) groups is 2. The van der Waals surface area contributed by atoms with Gasteiger partial charge < -0.3 is 9.47 Å². The molecule has 174 valence electrons. The van der Waals surface area contributed by atoms with Gasteiger partial charge in [-0.1, -0.05) is 42.0 Å². The number of amides is 2. The second-order valence-corrected chi connectivity index (χ2v) is 10.9. The zero-order chi connectivity index (χ0) is 23.6. The summed E-state index contributed by atoms with van der Waals surface area (Å²) in [6.45, 7) is 0.303. The Hall–Kier alpha value is -2.39. The van der Waals surface area contributed by atoms with Crippen molar-refractivity contribution in [1.29, 1.82) is 0 Å². The average Bonchev–Trinajstić information content (AvgIpc) is 3.62. The van der Waals surface area contributed by atoms with E-state index in [0.717, 1.165) is 20.6 Å². The molecule has 2 saturated carbocycles. The van der Waals surface area contributed by atoms with Gasteiger partial charge in [-0.15, -0.1) is 0 Å². The first-order valence-electron chi connectivity index (χ1n) is 11.3. The average molecular weight is 589 g/mol. The lowest BCUT2D eigenvalue weighted by Crippen LogP contribution is -2.40. The number of hydrogen-bond acceptors (Lipinski definition) is 5. The molecule has 3 fully saturated rings. The number of hydrogen-bond donors (Lipinski definition) is 0. The normalized spacial score (nSPS) is 30.6. The fraction of sp³-hybridized carbons (Fsp3) is 0.346. The molecule has 0 unspecified atom stereocenters. The fourth-order valence-corrected chi connectivity index (χ4v) is 6.87. The number of benzene rings is 2. The summed E-state index contributed by atoms with van der Waals surface area (Å²) in [5, 5.41) is 6.06. The number of imide groups is 1. The third-order valence-electron chi connectivity index (χ3n) is 7.54. The van der Waals surface area contributed by atoms with Gasteiger partial charge in [0.25, 0.3) is 11.8 Å². The first-order valence-corrected chi connectivity index (χ1v) is 12.8. The van der Waals surface area contributed by atoms with Crippen LogP contribution in [0.5, 0.6) is 11.5 Å². The topological polar surface area (TPSA) is 68.2 Å². The zero-order valence-electron chi connectivity index (χ0n) is 18.4. The molecule has 6 nitrogen and oxygen atoms in total. The molecule has 5 aliphatic rings. The van der Waals surface area contributed by atoms with E-state index in [1.807, 2.05) is 30.3 Å². The highest BCUT2D eigenvalue weighted by molar-refractivity contribution is 14.1. The van der Waals surface area contributed by atoms with Crippen molar-refractivity contribution in [2.24, 2.45) is 40.6 Å². The smallest absolute Gasteiger partial charge is 0.254 e. The van der Waals surface area contributed by atoms with Crippen molar-refractivity contribution in [3.63, 3.8) is 0 Å². The van der Waals surface area contributed by atoms with Crippen molar-refractivity contribution in [3.05, 3.63) is 68.3 Å². The summed E-state index contributed by atoms with van der Waals surface area (Å²) in [7, 11) is 1.57. The highest BCUT2D eigenvalue weighted by Crippen LogP contribution is 2.65. The van der Waals surface area contributed by atoms with Crippen molar-refractivity contribution in [2.45, 2.75) is 13.0 Å². The molecule has 2 amide bonds. The predicted molar refractivity (Wildman–Crippen MR) is 136 cm³/mol. The second-order valence-electron chi connectivity index (χ2n) is 9.30. The standard InChI is InChI=1S/C26H22ClIN2O4/c1-33-21-9-13(8-20(28)24(21)34-12-14-4-2-3-5-19(14)27)11-29-30-25(31)22-15-6-7-16(18-10-17(15)18)23(22)26(30)32/h2-9,11,15-18,22-23H,10,12H2,1H3/b29-11-/t15-,16-,17-,18-,22+,23+/m0/s1. The SMILES string of the molecule is COc1cc(/C=N\N2C(=O)[C@@H]3[C@H]4C=C[C@@H]([C@@H]5C[C@@H]45)[C@H]3C2=O)cc(I)c1OCc1ccccc1Cl. The lowest BCUT2D eigenvalue weighted by molar-refractivity contribution is -0.140. The summed E-state index contributed by atoms with van der Waals surface area (Å²) in [4.78, 5) is 26.2. The summed E-state index contributed by atoms with van der Waals surface area (Å²) in [6.07, 6.45) is 7.01. The molecule has 34 heavy (non-hydrogen) atoms. The van der Waals surface area contributed by atoms with E-state index in [0.29, 0.717) is 40.5 Å². The van der Waals surface area contributed by atoms with E-state index < -0.39 is 0 Å². The molecular formula is C26H22ClIN2O4. The fourth-order valence-electron chi connectivity index (χ4n) is 5.90. The minimum absolute atomic E-state index is 0.169. The van der Waals surface area contributed by atoms with Crippen LogP contribution in [0, 0.1) is 39.1 Å². The Morgan fingerprint density at radius 2 is 1.79 bits per heavy atom. The highest BCUT2D eigenvalue weighted by atomic mass is 127. The van der Waals surface area contributed by atoms with Crippen LogP contribution in [0.15, 0.2) is 53.7 Å². The number of ether oxygens (including phenoxy) is 2. The minimum Gasteiger partial charge on any atom is -0.493 e. The Morgan fingerprint density at radius 1 is 1.12 bits per heavy atom. The zero-order valence-corrected chi connectivity index (χ0v) is 21.3. The lowest BCUT2D eigenvalue weighted by atomic mass is 9.63. The van der Waals surface area contributed by atoms with Gasteiger partial charge in [0.05, 0.1) is 28.7 Å². The van der Waals surface area contributed by atoms with Gasteiger partial charge in [0.15, 0.2) is 11.5 Å². The number of hydrazone groups is 1. The van der Waals surface area contributed by atoms with E-state index in [4.69, 9.17) is 21.1 Å². The molecule has 1 heterocycles. The van der Waals surface area contributed by atoms with Crippen LogP contribution in [-0.2, 0) is 16.2 Å². The summed E-state index contributed by atoms with van der Waals surface area (Å²) >= 11 is 8.41. The summed E-state index contributed by atoms with van der Waals surface area (Å²) in [5.74, 6) is 1.81. The van der Waals surface area contributed by atoms with Crippen LogP contribution in [0.2, 0.25) is 5.02 Å². The van der Waals surface area contributed by atoms with Crippen molar-refractivity contribution in [1.82, 2.24) is 5.01 Å². The summed E-state index contributed by atoms with van der Waals surface area (Å²) < 4.78 is 12.4. The molecule has 1 saturated heterocycles. The van der Waals surface area contributed by atoms with Crippen molar-refractivity contribution >= 4 is 52.2 Å². The molecule has 2 bridgehead atoms. The van der Waals surface area contributed by atoms with Gasteiger partial charge in [0.1, 0.15) is 6.61 Å². The van der Waals surface area contributed by atoms with Crippen LogP contribution in [0.1, 0.15) is 17.5 Å². The van der Waals surface area contributed by atoms with Crippen LogP contribution in [-0.4, -0.2) is 30.1 Å². The molecule has 6 atom stereocenters. The first-order chi connectivity index (χ1) is 16.5. The third-order valence-corrected chi connectivity index (χ3v) is 8.71. The summed E-state index contributed by atoms with van der Waals surface area (Å²) in [5.41, 5.74) is 1.59. The van der Waals surface area contributed by atoms with E-state index in [9.17, 15) is 9.59 Å². The number of halogens is 2. The van der Waals surface area contributed by atoms with Gasteiger partial charge in [-0.05, 0) is 76.4 Å². The van der Waals surface area contributed by atoms with E-state index in [-0.39, 0.29) is 35.5 Å². The molecule has 0 radical (unpaired) electrons. The maximum atomic E-state index is 13.1. The Morgan fingerprint density at radius 3 is 2.44 bits per heavy atom. The Bertz CT molecular complexity index is 1230. The van der Waals surface area contributed by atoms with Crippen LogP contribution in [0.4, 0.5) is 0 Å². The van der Waals surface area contributed by atoms with E-state index in [2.05, 4.69) is 39.8 Å². The molecule has 4 aliphatic carbocycles. The van der Waals surface area contributed by atoms with Gasteiger partial charge in [-0.2, -0.15) is 10.1 Å². The number of rotatable bonds is 6. The molecule has 2 aromatic carbocycles. The van der Waals surface area contributed by atoms with Gasteiger partial charge in [-0.25, -0.2) is 0 Å². The van der Waals surface area contributed by atoms with Crippen LogP contribution < -0.4 is 9.47 Å². The Labute approximate surface area is 216 Å². The van der Waals surface area contributed by atoms with Gasteiger partial charge >= 0.3 is 0 Å². The van der Waals surface area contributed by atoms with E-state index in [1.54, 1.807) is 19.4 Å². The van der Waals surface area contributed by atoms with Gasteiger partial charge in [0, 0.05) is 10.6 Å². The molecule has 1 aliphatic heterocycles. The Kier molecular flexibility index (Phi) is 5.44. The molecule has 7 rings (SSSR count). The highest BCUT2D eigenvalue weighted by Gasteiger charge is 2.67. The van der Waals surface area contributed by atoms with Crippen molar-refractivity contribution in [3.8, 4) is 11.5 Å². The van der Waals surface area contributed by atoms with Gasteiger partial charge in [-0.3, -0.25) is 9.59 Å². The number of carbonyl (C=O) groups excluding carboxylic acids is 2. The van der Waals surface area contributed by atoms with E-state index in [1.165, 1.54) is 0 Å². The third kappa shape index (κ3) is 3.47. The molecule has 8 heteroatoms. The quantitative estimate of drug-likeness (QED) is 0.208. The largest absolute Gasteiger partial charge is 0.493 e. The molecule has 0 aromatic heterocycles. The number of nitrogens with zero attached hydrogens (tertiary/aromatic N) is 2. The number of methoxy groups -OCH3 is 1. The minimum atomic E-state index is -0.251. The van der Waals surface area contributed by atoms with Crippen LogP contribution in [0.25, 0.3) is 0 Å². The number of allylic oxidation sites excluding steroid dienone is 2. The monoisotopic (exact) mass is 588 g/mol. The molecule has 2 aromatic rings. The van der Waals surface area contributed by atoms with Gasteiger partial charge in [0.2, 0.25) is 0 Å². The lowest BCUT2D eigenvalue weighted by Gasteiger charge is -2.37. The van der Waals surface area contributed by atoms with Crippen molar-refractivity contribution < 1.29 is 19.1 Å². The first kappa shape index (κ1) is 22.1. The second kappa shape index (κ2) is 8.37. The molecule has 0 spiro atoms. The van der Waals surface area contributed by atoms with Crippen molar-refractivity contribution in [2.75, 3.05) is 7.11 Å². The maximum Gasteiger partial charge on any atom is 0.254 e.